The van der Waals surface area contributed by atoms with Crippen LogP contribution in [0.4, 0.5) is 0 Å². The summed E-state index contributed by atoms with van der Waals surface area (Å²) in [6.45, 7) is 4.95. The lowest BCUT2D eigenvalue weighted by molar-refractivity contribution is -0.143. The lowest BCUT2D eigenvalue weighted by atomic mass is 10.0. The van der Waals surface area contributed by atoms with Crippen molar-refractivity contribution in [2.45, 2.75) is 411 Å². The van der Waals surface area contributed by atoms with Crippen LogP contribution in [0.15, 0.2) is 24.3 Å². The molecule has 6 heteroatoms. The van der Waals surface area contributed by atoms with Crippen molar-refractivity contribution in [1.29, 1.82) is 0 Å². The Balaban J connectivity index is 3.40. The summed E-state index contributed by atoms with van der Waals surface area (Å²) in [6, 6.07) is -0.631. The van der Waals surface area contributed by atoms with Gasteiger partial charge in [-0.15, -0.1) is 0 Å². The first-order chi connectivity index (χ1) is 38.5. The monoisotopic (exact) mass is 1100 g/mol. The molecule has 0 saturated carbocycles. The van der Waals surface area contributed by atoms with Crippen LogP contribution in [0.25, 0.3) is 0 Å². The molecular formula is C72H139NO5. The number of hydrogen-bond donors (Lipinski definition) is 3. The smallest absolute Gasteiger partial charge is 0.305 e. The third kappa shape index (κ3) is 63.5. The Morgan fingerprint density at radius 3 is 0.910 bits per heavy atom. The van der Waals surface area contributed by atoms with E-state index < -0.39 is 12.1 Å². The van der Waals surface area contributed by atoms with Crippen molar-refractivity contribution >= 4 is 11.9 Å². The maximum Gasteiger partial charge on any atom is 0.305 e. The van der Waals surface area contributed by atoms with E-state index in [1.165, 1.54) is 334 Å². The van der Waals surface area contributed by atoms with E-state index in [2.05, 4.69) is 31.3 Å². The molecule has 0 aromatic carbocycles. The Morgan fingerprint density at radius 1 is 0.346 bits per heavy atom. The Morgan fingerprint density at radius 2 is 0.603 bits per heavy atom. The molecule has 0 aromatic rings. The van der Waals surface area contributed by atoms with Crippen molar-refractivity contribution in [3.05, 3.63) is 24.3 Å². The average molecular weight is 1100 g/mol. The number of hydrogen-bond acceptors (Lipinski definition) is 5. The van der Waals surface area contributed by atoms with Gasteiger partial charge in [-0.3, -0.25) is 9.59 Å². The lowest BCUT2D eigenvalue weighted by Crippen LogP contribution is -2.45. The van der Waals surface area contributed by atoms with Crippen LogP contribution in [0.3, 0.4) is 0 Å². The van der Waals surface area contributed by atoms with Crippen LogP contribution in [-0.4, -0.2) is 47.4 Å². The molecule has 0 rings (SSSR count). The summed E-state index contributed by atoms with van der Waals surface area (Å²) in [5.74, 6) is -0.0496. The van der Waals surface area contributed by atoms with E-state index in [-0.39, 0.29) is 18.5 Å². The first kappa shape index (κ1) is 76.3. The SMILES string of the molecule is CCCCCCCCCCCCCCCCCCC/C=C/C(O)C(CO)NC(=O)CCCCCCCCCCC/C=C\CCCCCCCCCCCCCCOC(=O)CCCCCCCCCCCCCCCCCCC. The molecular weight excluding hydrogens is 959 g/mol. The Hall–Kier alpha value is -1.66. The van der Waals surface area contributed by atoms with Crippen molar-refractivity contribution < 1.29 is 24.5 Å². The van der Waals surface area contributed by atoms with E-state index in [9.17, 15) is 19.8 Å². The molecule has 0 aliphatic carbocycles. The number of amides is 1. The molecule has 0 radical (unpaired) electrons. The number of carbonyl (C=O) groups excluding carboxylic acids is 2. The number of aliphatic hydroxyl groups excluding tert-OH is 2. The molecule has 6 nitrogen and oxygen atoms in total. The summed E-state index contributed by atoms with van der Waals surface area (Å²) in [5, 5.41) is 23.2. The van der Waals surface area contributed by atoms with Crippen LogP contribution in [-0.2, 0) is 14.3 Å². The summed E-state index contributed by atoms with van der Waals surface area (Å²) in [5.41, 5.74) is 0. The summed E-state index contributed by atoms with van der Waals surface area (Å²) in [7, 11) is 0. The van der Waals surface area contributed by atoms with Gasteiger partial charge >= 0.3 is 5.97 Å². The highest BCUT2D eigenvalue weighted by Gasteiger charge is 2.18. The molecule has 2 unspecified atom stereocenters. The van der Waals surface area contributed by atoms with Crippen LogP contribution in [0.5, 0.6) is 0 Å². The minimum Gasteiger partial charge on any atom is -0.466 e. The molecule has 0 aliphatic rings. The standard InChI is InChI=1S/C72H139NO5/c1-3-5-7-9-11-13-15-17-19-21-29-33-36-40-44-48-52-56-60-64-70(75)69(68-74)73-71(76)65-61-57-53-49-45-41-37-34-30-27-25-23-22-24-26-28-31-35-39-43-47-51-55-59-63-67-78-72(77)66-62-58-54-50-46-42-38-32-20-18-16-14-12-10-8-6-4-2/h23,25,60,64,69-70,74-75H,3-22,24,26-59,61-63,65-68H2,1-2H3,(H,73,76)/b25-23-,64-60+. The Bertz CT molecular complexity index is 1220. The van der Waals surface area contributed by atoms with Gasteiger partial charge in [-0.1, -0.05) is 353 Å². The maximum atomic E-state index is 12.5. The second-order valence-electron chi connectivity index (χ2n) is 24.6. The zero-order valence-corrected chi connectivity index (χ0v) is 52.9. The van der Waals surface area contributed by atoms with Crippen LogP contribution >= 0.6 is 0 Å². The number of allylic oxidation sites excluding steroid dienone is 3. The number of esters is 1. The summed E-state index contributed by atoms with van der Waals surface area (Å²) < 4.78 is 5.51. The molecule has 462 valence electrons. The highest BCUT2D eigenvalue weighted by molar-refractivity contribution is 5.76. The summed E-state index contributed by atoms with van der Waals surface area (Å²) in [4.78, 5) is 24.6. The second-order valence-corrected chi connectivity index (χ2v) is 24.6. The third-order valence-corrected chi connectivity index (χ3v) is 16.7. The fraction of sp³-hybridized carbons (Fsp3) is 0.917. The number of rotatable bonds is 67. The number of carbonyl (C=O) groups is 2. The first-order valence-corrected chi connectivity index (χ1v) is 35.6. The van der Waals surface area contributed by atoms with Gasteiger partial charge in [-0.05, 0) is 57.8 Å². The number of unbranched alkanes of at least 4 members (excludes halogenated alkanes) is 54. The topological polar surface area (TPSA) is 95.9 Å². The molecule has 1 amide bonds. The van der Waals surface area contributed by atoms with Crippen molar-refractivity contribution in [3.63, 3.8) is 0 Å². The normalized spacial score (nSPS) is 12.6. The number of aliphatic hydroxyl groups is 2. The van der Waals surface area contributed by atoms with Gasteiger partial charge in [-0.25, -0.2) is 0 Å². The highest BCUT2D eigenvalue weighted by Crippen LogP contribution is 2.19. The highest BCUT2D eigenvalue weighted by atomic mass is 16.5. The van der Waals surface area contributed by atoms with Gasteiger partial charge in [-0.2, -0.15) is 0 Å². The second kappa shape index (κ2) is 67.8. The van der Waals surface area contributed by atoms with E-state index in [1.54, 1.807) is 6.08 Å². The van der Waals surface area contributed by atoms with Gasteiger partial charge in [0.25, 0.3) is 0 Å². The van der Waals surface area contributed by atoms with Crippen LogP contribution in [0, 0.1) is 0 Å². The Labute approximate surface area is 488 Å². The fourth-order valence-corrected chi connectivity index (χ4v) is 11.3. The average Bonchev–Trinajstić information content (AvgIpc) is 3.44. The van der Waals surface area contributed by atoms with Crippen molar-refractivity contribution in [2.75, 3.05) is 13.2 Å². The molecule has 0 saturated heterocycles. The largest absolute Gasteiger partial charge is 0.466 e. The lowest BCUT2D eigenvalue weighted by Gasteiger charge is -2.20. The van der Waals surface area contributed by atoms with E-state index in [4.69, 9.17) is 4.74 Å². The molecule has 0 heterocycles. The van der Waals surface area contributed by atoms with Gasteiger partial charge < -0.3 is 20.3 Å². The van der Waals surface area contributed by atoms with E-state index in [0.29, 0.717) is 19.4 Å². The molecule has 0 bridgehead atoms. The maximum absolute atomic E-state index is 12.5. The minimum absolute atomic E-state index is 0.0178. The van der Waals surface area contributed by atoms with Crippen molar-refractivity contribution in [2.24, 2.45) is 0 Å². The van der Waals surface area contributed by atoms with E-state index >= 15 is 0 Å². The van der Waals surface area contributed by atoms with Gasteiger partial charge in [0.05, 0.1) is 25.4 Å². The van der Waals surface area contributed by atoms with Crippen LogP contribution in [0.1, 0.15) is 399 Å². The Kier molecular flexibility index (Phi) is 66.4. The molecule has 0 aliphatic heterocycles. The van der Waals surface area contributed by atoms with Crippen molar-refractivity contribution in [1.82, 2.24) is 5.32 Å². The summed E-state index contributed by atoms with van der Waals surface area (Å²) >= 11 is 0. The summed E-state index contributed by atoms with van der Waals surface area (Å²) in [6.07, 6.45) is 85.4. The zero-order chi connectivity index (χ0) is 56.4. The van der Waals surface area contributed by atoms with E-state index in [0.717, 1.165) is 38.5 Å². The van der Waals surface area contributed by atoms with Gasteiger partial charge in [0.15, 0.2) is 0 Å². The minimum atomic E-state index is -0.847. The number of nitrogens with one attached hydrogen (secondary N) is 1. The molecule has 0 spiro atoms. The van der Waals surface area contributed by atoms with Gasteiger partial charge in [0, 0.05) is 12.8 Å². The van der Waals surface area contributed by atoms with Crippen LogP contribution in [0.2, 0.25) is 0 Å². The molecule has 0 aromatic heterocycles. The van der Waals surface area contributed by atoms with Gasteiger partial charge in [0.2, 0.25) is 5.91 Å². The predicted molar refractivity (Wildman–Crippen MR) is 343 cm³/mol. The quantitative estimate of drug-likeness (QED) is 0.0320. The van der Waals surface area contributed by atoms with Gasteiger partial charge in [0.1, 0.15) is 0 Å². The predicted octanol–water partition coefficient (Wildman–Crippen LogP) is 22.9. The fourth-order valence-electron chi connectivity index (χ4n) is 11.3. The first-order valence-electron chi connectivity index (χ1n) is 35.6. The number of ether oxygens (including phenoxy) is 1. The molecule has 3 N–H and O–H groups in total. The zero-order valence-electron chi connectivity index (χ0n) is 52.9. The molecule has 78 heavy (non-hydrogen) atoms. The van der Waals surface area contributed by atoms with Crippen LogP contribution < -0.4 is 5.32 Å². The molecule has 0 fully saturated rings. The molecule has 2 atom stereocenters. The van der Waals surface area contributed by atoms with E-state index in [1.807, 2.05) is 6.08 Å². The third-order valence-electron chi connectivity index (χ3n) is 16.7. The van der Waals surface area contributed by atoms with Crippen molar-refractivity contribution in [3.8, 4) is 0 Å².